The third-order valence-electron chi connectivity index (χ3n) is 5.13. The van der Waals surface area contributed by atoms with E-state index in [1.54, 1.807) is 55.5 Å². The third kappa shape index (κ3) is 4.40. The summed E-state index contributed by atoms with van der Waals surface area (Å²) >= 11 is 1.28. The van der Waals surface area contributed by atoms with Gasteiger partial charge in [0.25, 0.3) is 5.91 Å². The van der Waals surface area contributed by atoms with E-state index in [1.165, 1.54) is 11.3 Å². The molecule has 0 bridgehead atoms. The lowest BCUT2D eigenvalue weighted by Crippen LogP contribution is -2.28. The number of nitrogens with zero attached hydrogens (tertiary/aromatic N) is 3. The van der Waals surface area contributed by atoms with E-state index in [9.17, 15) is 19.2 Å². The minimum Gasteiger partial charge on any atom is -0.462 e. The Morgan fingerprint density at radius 3 is 2.39 bits per heavy atom. The molecular formula is C24H21N3O5S. The highest BCUT2D eigenvalue weighted by atomic mass is 32.1. The Morgan fingerprint density at radius 1 is 1.09 bits per heavy atom. The van der Waals surface area contributed by atoms with Crippen molar-refractivity contribution in [3.8, 4) is 0 Å². The fourth-order valence-electron chi connectivity index (χ4n) is 3.57. The van der Waals surface area contributed by atoms with Gasteiger partial charge in [-0.2, -0.15) is 4.99 Å². The molecule has 1 fully saturated rings. The van der Waals surface area contributed by atoms with E-state index >= 15 is 0 Å². The third-order valence-corrected chi connectivity index (χ3v) is 6.17. The lowest BCUT2D eigenvalue weighted by molar-refractivity contribution is -0.121. The van der Waals surface area contributed by atoms with Crippen LogP contribution in [0.4, 0.5) is 5.69 Å². The van der Waals surface area contributed by atoms with Crippen molar-refractivity contribution in [1.82, 2.24) is 4.57 Å². The van der Waals surface area contributed by atoms with Crippen LogP contribution in [0.3, 0.4) is 0 Å². The molecule has 9 heteroatoms. The van der Waals surface area contributed by atoms with Crippen LogP contribution >= 0.6 is 11.3 Å². The van der Waals surface area contributed by atoms with Crippen LogP contribution < -0.4 is 9.70 Å². The SMILES string of the molecule is C=CCn1c(=NC(=O)c2ccc(N3C(=O)CCC3=O)cc2)sc2cc(C(=O)OCC)ccc21. The highest BCUT2D eigenvalue weighted by molar-refractivity contribution is 7.16. The number of aromatic nitrogens is 1. The molecule has 168 valence electrons. The maximum absolute atomic E-state index is 12.8. The van der Waals surface area contributed by atoms with Gasteiger partial charge in [-0.1, -0.05) is 17.4 Å². The molecule has 1 saturated heterocycles. The number of amides is 3. The normalized spacial score (nSPS) is 14.2. The number of ether oxygens (including phenoxy) is 1. The Labute approximate surface area is 193 Å². The van der Waals surface area contributed by atoms with Gasteiger partial charge in [-0.15, -0.1) is 6.58 Å². The van der Waals surface area contributed by atoms with Crippen LogP contribution in [0.5, 0.6) is 0 Å². The van der Waals surface area contributed by atoms with Crippen molar-refractivity contribution >= 4 is 50.9 Å². The number of esters is 1. The second kappa shape index (κ2) is 9.33. The summed E-state index contributed by atoms with van der Waals surface area (Å²) in [4.78, 5) is 54.6. The van der Waals surface area contributed by atoms with Crippen molar-refractivity contribution in [2.45, 2.75) is 26.3 Å². The van der Waals surface area contributed by atoms with Crippen molar-refractivity contribution in [2.75, 3.05) is 11.5 Å². The molecule has 2 heterocycles. The summed E-state index contributed by atoms with van der Waals surface area (Å²) < 4.78 is 7.69. The molecule has 0 saturated carbocycles. The highest BCUT2D eigenvalue weighted by Gasteiger charge is 2.30. The van der Waals surface area contributed by atoms with E-state index in [-0.39, 0.29) is 31.3 Å². The molecule has 8 nitrogen and oxygen atoms in total. The molecule has 0 N–H and O–H groups in total. The summed E-state index contributed by atoms with van der Waals surface area (Å²) in [6, 6.07) is 11.4. The summed E-state index contributed by atoms with van der Waals surface area (Å²) in [5, 5.41) is 0. The van der Waals surface area contributed by atoms with Crippen LogP contribution in [0.25, 0.3) is 10.2 Å². The second-order valence-electron chi connectivity index (χ2n) is 7.27. The van der Waals surface area contributed by atoms with Crippen LogP contribution in [0, 0.1) is 0 Å². The standard InChI is InChI=1S/C24H21N3O5S/c1-3-13-26-18-10-7-16(23(31)32-4-2)14-19(18)33-24(26)25-22(30)15-5-8-17(9-6-15)27-20(28)11-12-21(27)29/h3,5-10,14H,1,4,11-13H2,2H3. The molecular weight excluding hydrogens is 442 g/mol. The summed E-state index contributed by atoms with van der Waals surface area (Å²) in [5.41, 5.74) is 2.01. The molecule has 1 aliphatic heterocycles. The average Bonchev–Trinajstić information content (AvgIpc) is 3.32. The molecule has 0 atom stereocenters. The molecule has 0 spiro atoms. The molecule has 0 unspecified atom stereocenters. The highest BCUT2D eigenvalue weighted by Crippen LogP contribution is 2.23. The van der Waals surface area contributed by atoms with Crippen molar-refractivity contribution in [3.05, 3.63) is 71.0 Å². The fraction of sp³-hybridized carbons (Fsp3) is 0.208. The quantitative estimate of drug-likeness (QED) is 0.317. The van der Waals surface area contributed by atoms with Gasteiger partial charge in [0.1, 0.15) is 0 Å². The average molecular weight is 464 g/mol. The number of thiazole rings is 1. The number of hydrogen-bond donors (Lipinski definition) is 0. The molecule has 0 aliphatic carbocycles. The van der Waals surface area contributed by atoms with Gasteiger partial charge in [0, 0.05) is 24.9 Å². The van der Waals surface area contributed by atoms with E-state index < -0.39 is 11.9 Å². The number of anilines is 1. The molecule has 4 rings (SSSR count). The number of carbonyl (C=O) groups excluding carboxylic acids is 4. The smallest absolute Gasteiger partial charge is 0.338 e. The zero-order valence-electron chi connectivity index (χ0n) is 17.9. The van der Waals surface area contributed by atoms with Crippen LogP contribution in [0.2, 0.25) is 0 Å². The number of fused-ring (bicyclic) bond motifs is 1. The van der Waals surface area contributed by atoms with E-state index in [1.807, 2.05) is 4.57 Å². The summed E-state index contributed by atoms with van der Waals surface area (Å²) in [5.74, 6) is -1.37. The van der Waals surface area contributed by atoms with E-state index in [4.69, 9.17) is 4.74 Å². The first-order chi connectivity index (χ1) is 15.9. The maximum atomic E-state index is 12.8. The fourth-order valence-corrected chi connectivity index (χ4v) is 4.65. The van der Waals surface area contributed by atoms with Gasteiger partial charge >= 0.3 is 5.97 Å². The Bertz CT molecular complexity index is 1330. The van der Waals surface area contributed by atoms with Crippen molar-refractivity contribution in [2.24, 2.45) is 4.99 Å². The van der Waals surface area contributed by atoms with Crippen LogP contribution in [0.1, 0.15) is 40.5 Å². The predicted octanol–water partition coefficient (Wildman–Crippen LogP) is 3.46. The van der Waals surface area contributed by atoms with E-state index in [2.05, 4.69) is 11.6 Å². The van der Waals surface area contributed by atoms with Crippen molar-refractivity contribution in [1.29, 1.82) is 0 Å². The zero-order valence-corrected chi connectivity index (χ0v) is 18.8. The second-order valence-corrected chi connectivity index (χ2v) is 8.28. The number of imide groups is 1. The molecule has 3 amide bonds. The Kier molecular flexibility index (Phi) is 6.32. The van der Waals surface area contributed by atoms with Crippen molar-refractivity contribution < 1.29 is 23.9 Å². The minimum atomic E-state index is -0.462. The number of allylic oxidation sites excluding steroid dienone is 1. The summed E-state index contributed by atoms with van der Waals surface area (Å²) in [6.07, 6.45) is 2.09. The van der Waals surface area contributed by atoms with Crippen LogP contribution in [-0.2, 0) is 20.9 Å². The molecule has 0 radical (unpaired) electrons. The minimum absolute atomic E-state index is 0.196. The number of benzene rings is 2. The Morgan fingerprint density at radius 2 is 1.76 bits per heavy atom. The van der Waals surface area contributed by atoms with Gasteiger partial charge in [0.15, 0.2) is 4.80 Å². The number of carbonyl (C=O) groups is 4. The zero-order chi connectivity index (χ0) is 23.5. The largest absolute Gasteiger partial charge is 0.462 e. The van der Waals surface area contributed by atoms with Gasteiger partial charge in [0.05, 0.1) is 28.1 Å². The van der Waals surface area contributed by atoms with E-state index in [0.717, 1.165) is 15.1 Å². The van der Waals surface area contributed by atoms with Gasteiger partial charge in [-0.05, 0) is 49.4 Å². The lowest BCUT2D eigenvalue weighted by Gasteiger charge is -2.13. The number of rotatable bonds is 6. The van der Waals surface area contributed by atoms with Gasteiger partial charge < -0.3 is 9.30 Å². The monoisotopic (exact) mass is 463 g/mol. The number of hydrogen-bond acceptors (Lipinski definition) is 6. The Balaban J connectivity index is 1.68. The maximum Gasteiger partial charge on any atom is 0.338 e. The molecule has 1 aromatic heterocycles. The Hall–Kier alpha value is -3.85. The first-order valence-electron chi connectivity index (χ1n) is 10.4. The molecule has 1 aliphatic rings. The lowest BCUT2D eigenvalue weighted by atomic mass is 10.2. The first kappa shape index (κ1) is 22.3. The van der Waals surface area contributed by atoms with Crippen molar-refractivity contribution in [3.63, 3.8) is 0 Å². The van der Waals surface area contributed by atoms with Gasteiger partial charge in [-0.3, -0.25) is 19.3 Å². The topological polar surface area (TPSA) is 98.0 Å². The molecule has 33 heavy (non-hydrogen) atoms. The van der Waals surface area contributed by atoms with Crippen LogP contribution in [-0.4, -0.2) is 34.9 Å². The van der Waals surface area contributed by atoms with Gasteiger partial charge in [-0.25, -0.2) is 4.79 Å². The van der Waals surface area contributed by atoms with Crippen LogP contribution in [0.15, 0.2) is 60.1 Å². The molecule has 2 aromatic carbocycles. The predicted molar refractivity (Wildman–Crippen MR) is 124 cm³/mol. The van der Waals surface area contributed by atoms with E-state index in [0.29, 0.717) is 28.2 Å². The van der Waals surface area contributed by atoms with Gasteiger partial charge in [0.2, 0.25) is 11.8 Å². The summed E-state index contributed by atoms with van der Waals surface area (Å²) in [6.45, 7) is 6.24. The first-order valence-corrected chi connectivity index (χ1v) is 11.2. The summed E-state index contributed by atoms with van der Waals surface area (Å²) in [7, 11) is 0. The molecule has 3 aromatic rings.